The molecule has 0 saturated carbocycles. The second-order valence-corrected chi connectivity index (χ2v) is 5.11. The van der Waals surface area contributed by atoms with Crippen LogP contribution in [0.4, 0.5) is 10.1 Å². The highest BCUT2D eigenvalue weighted by Gasteiger charge is 2.25. The molecule has 1 aliphatic rings. The predicted molar refractivity (Wildman–Crippen MR) is 71.3 cm³/mol. The highest BCUT2D eigenvalue weighted by Crippen LogP contribution is 2.28. The van der Waals surface area contributed by atoms with E-state index < -0.39 is 0 Å². The van der Waals surface area contributed by atoms with Gasteiger partial charge in [-0.2, -0.15) is 0 Å². The van der Waals surface area contributed by atoms with Crippen LogP contribution in [0.2, 0.25) is 0 Å². The van der Waals surface area contributed by atoms with Gasteiger partial charge in [-0.1, -0.05) is 15.9 Å². The van der Waals surface area contributed by atoms with Gasteiger partial charge in [-0.05, 0) is 37.6 Å². The molecule has 0 aliphatic carbocycles. The summed E-state index contributed by atoms with van der Waals surface area (Å²) >= 11 is 3.42. The Labute approximate surface area is 110 Å². The quantitative estimate of drug-likeness (QED) is 0.777. The van der Waals surface area contributed by atoms with Crippen LogP contribution in [-0.4, -0.2) is 25.3 Å². The first-order valence-electron chi connectivity index (χ1n) is 5.84. The van der Waals surface area contributed by atoms with Gasteiger partial charge in [0.25, 0.3) is 0 Å². The number of halogens is 2. The van der Waals surface area contributed by atoms with E-state index in [1.54, 1.807) is 6.07 Å². The molecule has 1 aromatic carbocycles. The Morgan fingerprint density at radius 1 is 1.47 bits per heavy atom. The minimum atomic E-state index is -0.183. The van der Waals surface area contributed by atoms with Gasteiger partial charge in [-0.15, -0.1) is 0 Å². The summed E-state index contributed by atoms with van der Waals surface area (Å²) in [6.45, 7) is 5.77. The number of nitrogens with zero attached hydrogens (tertiary/aromatic N) is 1. The molecule has 1 saturated heterocycles. The van der Waals surface area contributed by atoms with E-state index in [-0.39, 0.29) is 11.9 Å². The number of benzene rings is 1. The third-order valence-electron chi connectivity index (χ3n) is 3.10. The van der Waals surface area contributed by atoms with Crippen molar-refractivity contribution in [1.82, 2.24) is 0 Å². The van der Waals surface area contributed by atoms with Crippen molar-refractivity contribution < 1.29 is 9.13 Å². The predicted octanol–water partition coefficient (Wildman–Crippen LogP) is 3.33. The molecule has 0 bridgehead atoms. The summed E-state index contributed by atoms with van der Waals surface area (Å²) in [5.41, 5.74) is 2.09. The van der Waals surface area contributed by atoms with Crippen LogP contribution in [0.3, 0.4) is 0 Å². The van der Waals surface area contributed by atoms with Crippen LogP contribution in [0.25, 0.3) is 0 Å². The monoisotopic (exact) mass is 301 g/mol. The molecule has 2 nitrogen and oxygen atoms in total. The molecule has 1 aromatic rings. The molecule has 2 rings (SSSR count). The van der Waals surface area contributed by atoms with Crippen molar-refractivity contribution in [2.24, 2.45) is 0 Å². The van der Waals surface area contributed by atoms with Gasteiger partial charge in [-0.3, -0.25) is 0 Å². The lowest BCUT2D eigenvalue weighted by atomic mass is 10.1. The standard InChI is InChI=1S/C13H17BrFNO/c1-9-8-17-10(2)7-16(9)13-4-3-12(15)5-11(13)6-14/h3-5,9-10H,6-8H2,1-2H3. The highest BCUT2D eigenvalue weighted by atomic mass is 79.9. The van der Waals surface area contributed by atoms with E-state index >= 15 is 0 Å². The van der Waals surface area contributed by atoms with E-state index in [4.69, 9.17) is 4.74 Å². The van der Waals surface area contributed by atoms with E-state index in [0.29, 0.717) is 11.4 Å². The summed E-state index contributed by atoms with van der Waals surface area (Å²) in [4.78, 5) is 2.30. The molecule has 1 fully saturated rings. The van der Waals surface area contributed by atoms with Crippen LogP contribution in [0, 0.1) is 5.82 Å². The lowest BCUT2D eigenvalue weighted by Gasteiger charge is -2.39. The van der Waals surface area contributed by atoms with Crippen molar-refractivity contribution >= 4 is 21.6 Å². The molecular formula is C13H17BrFNO. The molecule has 4 heteroatoms. The van der Waals surface area contributed by atoms with Crippen LogP contribution in [0.1, 0.15) is 19.4 Å². The molecule has 94 valence electrons. The van der Waals surface area contributed by atoms with Crippen LogP contribution >= 0.6 is 15.9 Å². The minimum absolute atomic E-state index is 0.183. The Morgan fingerprint density at radius 2 is 2.24 bits per heavy atom. The van der Waals surface area contributed by atoms with Crippen molar-refractivity contribution in [2.75, 3.05) is 18.1 Å². The molecule has 0 spiro atoms. The minimum Gasteiger partial charge on any atom is -0.375 e. The fourth-order valence-corrected chi connectivity index (χ4v) is 2.63. The molecule has 0 N–H and O–H groups in total. The molecule has 0 aromatic heterocycles. The molecule has 2 unspecified atom stereocenters. The van der Waals surface area contributed by atoms with Crippen molar-refractivity contribution in [2.45, 2.75) is 31.3 Å². The maximum absolute atomic E-state index is 13.2. The first-order chi connectivity index (χ1) is 8.11. The van der Waals surface area contributed by atoms with Gasteiger partial charge in [0.15, 0.2) is 0 Å². The van der Waals surface area contributed by atoms with Gasteiger partial charge in [0, 0.05) is 23.6 Å². The smallest absolute Gasteiger partial charge is 0.123 e. The van der Waals surface area contributed by atoms with Crippen LogP contribution in [-0.2, 0) is 10.1 Å². The fourth-order valence-electron chi connectivity index (χ4n) is 2.18. The second-order valence-electron chi connectivity index (χ2n) is 4.55. The highest BCUT2D eigenvalue weighted by molar-refractivity contribution is 9.08. The Balaban J connectivity index is 2.31. The van der Waals surface area contributed by atoms with E-state index in [9.17, 15) is 4.39 Å². The maximum atomic E-state index is 13.2. The van der Waals surface area contributed by atoms with Crippen LogP contribution in [0.5, 0.6) is 0 Å². The third-order valence-corrected chi connectivity index (χ3v) is 3.71. The average Bonchev–Trinajstić information content (AvgIpc) is 2.32. The number of hydrogen-bond donors (Lipinski definition) is 0. The van der Waals surface area contributed by atoms with Crippen molar-refractivity contribution in [3.05, 3.63) is 29.6 Å². The zero-order valence-corrected chi connectivity index (χ0v) is 11.7. The zero-order valence-electron chi connectivity index (χ0n) is 10.1. The summed E-state index contributed by atoms with van der Waals surface area (Å²) in [5, 5.41) is 0.665. The van der Waals surface area contributed by atoms with E-state index in [0.717, 1.165) is 24.4 Å². The van der Waals surface area contributed by atoms with Gasteiger partial charge in [0.2, 0.25) is 0 Å². The normalized spacial score (nSPS) is 25.1. The third kappa shape index (κ3) is 2.80. The summed E-state index contributed by atoms with van der Waals surface area (Å²) in [7, 11) is 0. The molecule has 1 heterocycles. The topological polar surface area (TPSA) is 12.5 Å². The lowest BCUT2D eigenvalue weighted by molar-refractivity contribution is 0.0343. The van der Waals surface area contributed by atoms with Crippen molar-refractivity contribution in [3.8, 4) is 0 Å². The molecule has 0 amide bonds. The van der Waals surface area contributed by atoms with Gasteiger partial charge >= 0.3 is 0 Å². The maximum Gasteiger partial charge on any atom is 0.123 e. The van der Waals surface area contributed by atoms with Gasteiger partial charge in [0.1, 0.15) is 5.82 Å². The number of anilines is 1. The van der Waals surface area contributed by atoms with E-state index in [1.807, 2.05) is 6.07 Å². The molecular weight excluding hydrogens is 285 g/mol. The van der Waals surface area contributed by atoms with Crippen LogP contribution < -0.4 is 4.90 Å². The number of hydrogen-bond acceptors (Lipinski definition) is 2. The van der Waals surface area contributed by atoms with E-state index in [2.05, 4.69) is 34.7 Å². The van der Waals surface area contributed by atoms with Crippen LogP contribution in [0.15, 0.2) is 18.2 Å². The molecule has 1 aliphatic heterocycles. The van der Waals surface area contributed by atoms with Crippen molar-refractivity contribution in [1.29, 1.82) is 0 Å². The van der Waals surface area contributed by atoms with Gasteiger partial charge in [-0.25, -0.2) is 4.39 Å². The first kappa shape index (κ1) is 12.8. The number of alkyl halides is 1. The molecule has 0 radical (unpaired) electrons. The molecule has 17 heavy (non-hydrogen) atoms. The largest absolute Gasteiger partial charge is 0.375 e. The summed E-state index contributed by atoms with van der Waals surface area (Å²) in [5.74, 6) is -0.183. The Kier molecular flexibility index (Phi) is 4.05. The summed E-state index contributed by atoms with van der Waals surface area (Å²) in [6, 6.07) is 5.31. The van der Waals surface area contributed by atoms with Crippen molar-refractivity contribution in [3.63, 3.8) is 0 Å². The zero-order chi connectivity index (χ0) is 12.4. The first-order valence-corrected chi connectivity index (χ1v) is 6.96. The van der Waals surface area contributed by atoms with Gasteiger partial charge in [0.05, 0.1) is 12.7 Å². The summed E-state index contributed by atoms with van der Waals surface area (Å²) < 4.78 is 18.8. The lowest BCUT2D eigenvalue weighted by Crippen LogP contribution is -2.47. The number of morpholine rings is 1. The van der Waals surface area contributed by atoms with Gasteiger partial charge < -0.3 is 9.64 Å². The average molecular weight is 302 g/mol. The summed E-state index contributed by atoms with van der Waals surface area (Å²) in [6.07, 6.45) is 0.222. The Morgan fingerprint density at radius 3 is 2.94 bits per heavy atom. The van der Waals surface area contributed by atoms with E-state index in [1.165, 1.54) is 6.07 Å². The number of ether oxygens (including phenoxy) is 1. The second kappa shape index (κ2) is 5.36. The SMILES string of the molecule is CC1CN(c2ccc(F)cc2CBr)C(C)CO1. The Hall–Kier alpha value is -0.610. The fraction of sp³-hybridized carbons (Fsp3) is 0.538. The number of rotatable bonds is 2. The Bertz CT molecular complexity index is 399. The molecule has 2 atom stereocenters.